The largest absolute Gasteiger partial charge is 0.294 e. The molecule has 12 heavy (non-hydrogen) atoms. The summed E-state index contributed by atoms with van der Waals surface area (Å²) >= 11 is 3.96. The third-order valence-corrected chi connectivity index (χ3v) is 2.34. The number of hydrogen-bond donors (Lipinski definition) is 1. The van der Waals surface area contributed by atoms with E-state index in [2.05, 4.69) is 16.6 Å². The van der Waals surface area contributed by atoms with Crippen molar-refractivity contribution in [2.45, 2.75) is 6.42 Å². The molecule has 2 nitrogen and oxygen atoms in total. The van der Waals surface area contributed by atoms with E-state index in [4.69, 9.17) is 0 Å². The molecule has 0 aliphatic heterocycles. The molecule has 0 aliphatic carbocycles. The summed E-state index contributed by atoms with van der Waals surface area (Å²) in [6.07, 6.45) is 3.77. The molecule has 1 aromatic heterocycles. The minimum atomic E-state index is 0.129. The second kappa shape index (κ2) is 5.22. The molecule has 4 heteroatoms. The second-order valence-corrected chi connectivity index (χ2v) is 3.69. The van der Waals surface area contributed by atoms with Crippen LogP contribution in [0.4, 0.5) is 0 Å². The molecule has 0 N–H and O–H groups in total. The maximum absolute atomic E-state index is 11.3. The van der Waals surface area contributed by atoms with Gasteiger partial charge in [-0.3, -0.25) is 9.78 Å². The van der Waals surface area contributed by atoms with Crippen LogP contribution in [0.1, 0.15) is 16.8 Å². The lowest BCUT2D eigenvalue weighted by Gasteiger charge is -1.96. The summed E-state index contributed by atoms with van der Waals surface area (Å²) in [5.74, 6) is 0.876. The van der Waals surface area contributed by atoms with Crippen molar-refractivity contribution in [2.75, 3.05) is 5.75 Å². The highest BCUT2D eigenvalue weighted by Gasteiger charge is 2.03. The highest BCUT2D eigenvalue weighted by molar-refractivity contribution is 8.68. The molecule has 0 radical (unpaired) electrons. The second-order valence-electron chi connectivity index (χ2n) is 2.25. The van der Waals surface area contributed by atoms with Crippen LogP contribution in [0.15, 0.2) is 24.5 Å². The lowest BCUT2D eigenvalue weighted by atomic mass is 10.1. The predicted octanol–water partition coefficient (Wildman–Crippen LogP) is 2.23. The Bertz CT molecular complexity index is 250. The first-order valence-electron chi connectivity index (χ1n) is 3.54. The zero-order valence-corrected chi connectivity index (χ0v) is 8.15. The van der Waals surface area contributed by atoms with Gasteiger partial charge in [-0.25, -0.2) is 0 Å². The minimum Gasteiger partial charge on any atom is -0.294 e. The Balaban J connectivity index is 2.54. The highest BCUT2D eigenvalue weighted by atomic mass is 33.1. The molecule has 64 valence electrons. The fraction of sp³-hybridized carbons (Fsp3) is 0.250. The van der Waals surface area contributed by atoms with Gasteiger partial charge in [0.1, 0.15) is 0 Å². The fourth-order valence-corrected chi connectivity index (χ4v) is 1.36. The van der Waals surface area contributed by atoms with Crippen LogP contribution in [-0.4, -0.2) is 16.5 Å². The van der Waals surface area contributed by atoms with Gasteiger partial charge in [0.15, 0.2) is 5.78 Å². The summed E-state index contributed by atoms with van der Waals surface area (Å²) in [6, 6.07) is 3.54. The zero-order valence-electron chi connectivity index (χ0n) is 6.43. The van der Waals surface area contributed by atoms with Crippen LogP contribution >= 0.6 is 22.5 Å². The molecule has 0 aliphatic rings. The Morgan fingerprint density at radius 1 is 1.67 bits per heavy atom. The van der Waals surface area contributed by atoms with Gasteiger partial charge >= 0.3 is 0 Å². The molecule has 1 heterocycles. The zero-order chi connectivity index (χ0) is 8.81. The van der Waals surface area contributed by atoms with Gasteiger partial charge in [-0.2, -0.15) is 0 Å². The summed E-state index contributed by atoms with van der Waals surface area (Å²) < 4.78 is 0. The van der Waals surface area contributed by atoms with Crippen LogP contribution in [0.25, 0.3) is 0 Å². The van der Waals surface area contributed by atoms with Crippen molar-refractivity contribution in [3.63, 3.8) is 0 Å². The van der Waals surface area contributed by atoms with Gasteiger partial charge in [-0.05, 0) is 12.1 Å². The van der Waals surface area contributed by atoms with Gasteiger partial charge in [0.05, 0.1) is 0 Å². The molecule has 0 unspecified atom stereocenters. The molecule has 0 spiro atoms. The molecular formula is C8H9NOS2. The minimum absolute atomic E-state index is 0.129. The van der Waals surface area contributed by atoms with E-state index in [-0.39, 0.29) is 5.78 Å². The number of carbonyl (C=O) groups excluding carboxylic acids is 1. The van der Waals surface area contributed by atoms with Crippen molar-refractivity contribution in [3.8, 4) is 0 Å². The Labute approximate surface area is 80.6 Å². The SMILES string of the molecule is O=C(CCSS)c1cccnc1. The molecule has 0 amide bonds. The number of carbonyl (C=O) groups is 1. The number of Topliss-reactive ketones (excluding diaryl/α,β-unsaturated/α-hetero) is 1. The van der Waals surface area contributed by atoms with Crippen LogP contribution in [0.2, 0.25) is 0 Å². The Hall–Kier alpha value is -0.480. The van der Waals surface area contributed by atoms with Gasteiger partial charge < -0.3 is 0 Å². The first kappa shape index (κ1) is 9.61. The summed E-state index contributed by atoms with van der Waals surface area (Å²) in [7, 11) is 1.38. The normalized spacial score (nSPS) is 9.75. The maximum atomic E-state index is 11.3. The topological polar surface area (TPSA) is 30.0 Å². The van der Waals surface area contributed by atoms with E-state index < -0.39 is 0 Å². The van der Waals surface area contributed by atoms with Gasteiger partial charge in [0.2, 0.25) is 0 Å². The number of aromatic nitrogens is 1. The number of rotatable bonds is 4. The quantitative estimate of drug-likeness (QED) is 0.458. The van der Waals surface area contributed by atoms with Gasteiger partial charge in [0, 0.05) is 30.1 Å². The van der Waals surface area contributed by atoms with Gasteiger partial charge in [-0.1, -0.05) is 10.8 Å². The van der Waals surface area contributed by atoms with Gasteiger partial charge in [0.25, 0.3) is 0 Å². The van der Waals surface area contributed by atoms with E-state index in [1.807, 2.05) is 0 Å². The molecule has 0 bridgehead atoms. The lowest BCUT2D eigenvalue weighted by Crippen LogP contribution is -1.99. The summed E-state index contributed by atoms with van der Waals surface area (Å²) in [6.45, 7) is 0. The van der Waals surface area contributed by atoms with Crippen LogP contribution in [0.5, 0.6) is 0 Å². The van der Waals surface area contributed by atoms with E-state index in [0.29, 0.717) is 12.0 Å². The van der Waals surface area contributed by atoms with Crippen molar-refractivity contribution in [3.05, 3.63) is 30.1 Å². The number of hydrogen-bond acceptors (Lipinski definition) is 4. The molecule has 0 saturated carbocycles. The maximum Gasteiger partial charge on any atom is 0.165 e. The van der Waals surface area contributed by atoms with E-state index in [1.165, 1.54) is 10.8 Å². The average Bonchev–Trinajstić information content (AvgIpc) is 2.15. The first-order valence-corrected chi connectivity index (χ1v) is 5.58. The van der Waals surface area contributed by atoms with Crippen LogP contribution in [-0.2, 0) is 0 Å². The highest BCUT2D eigenvalue weighted by Crippen LogP contribution is 2.09. The summed E-state index contributed by atoms with van der Waals surface area (Å²) in [5.41, 5.74) is 0.680. The molecule has 1 rings (SSSR count). The molecule has 0 fully saturated rings. The monoisotopic (exact) mass is 199 g/mol. The Morgan fingerprint density at radius 3 is 3.08 bits per heavy atom. The smallest absolute Gasteiger partial charge is 0.165 e. The van der Waals surface area contributed by atoms with Crippen molar-refractivity contribution in [1.29, 1.82) is 0 Å². The summed E-state index contributed by atoms with van der Waals surface area (Å²) in [5, 5.41) is 0. The Kier molecular flexibility index (Phi) is 4.18. The molecular weight excluding hydrogens is 190 g/mol. The fourth-order valence-electron chi connectivity index (χ4n) is 0.810. The Morgan fingerprint density at radius 2 is 2.50 bits per heavy atom. The molecule has 1 aromatic rings. The van der Waals surface area contributed by atoms with E-state index in [0.717, 1.165) is 5.75 Å². The standard InChI is InChI=1S/C8H9NOS2/c10-8(3-5-12-11)7-2-1-4-9-6-7/h1-2,4,6,11H,3,5H2. The van der Waals surface area contributed by atoms with E-state index in [1.54, 1.807) is 24.5 Å². The molecule has 0 aromatic carbocycles. The third kappa shape index (κ3) is 2.87. The number of thiol groups is 1. The molecule has 0 atom stereocenters. The number of pyridine rings is 1. The lowest BCUT2D eigenvalue weighted by molar-refractivity contribution is 0.0989. The predicted molar refractivity (Wildman–Crippen MR) is 54.6 cm³/mol. The van der Waals surface area contributed by atoms with Crippen LogP contribution < -0.4 is 0 Å². The first-order chi connectivity index (χ1) is 5.84. The van der Waals surface area contributed by atoms with Crippen molar-refractivity contribution in [1.82, 2.24) is 4.98 Å². The third-order valence-electron chi connectivity index (χ3n) is 1.40. The number of ketones is 1. The van der Waals surface area contributed by atoms with Crippen molar-refractivity contribution < 1.29 is 4.79 Å². The number of nitrogens with zero attached hydrogens (tertiary/aromatic N) is 1. The van der Waals surface area contributed by atoms with E-state index >= 15 is 0 Å². The van der Waals surface area contributed by atoms with Crippen LogP contribution in [0, 0.1) is 0 Å². The summed E-state index contributed by atoms with van der Waals surface area (Å²) in [4.78, 5) is 15.2. The van der Waals surface area contributed by atoms with Crippen molar-refractivity contribution >= 4 is 28.2 Å². The van der Waals surface area contributed by atoms with Gasteiger partial charge in [-0.15, -0.1) is 11.7 Å². The van der Waals surface area contributed by atoms with Crippen molar-refractivity contribution in [2.24, 2.45) is 0 Å². The molecule has 0 saturated heterocycles. The van der Waals surface area contributed by atoms with E-state index in [9.17, 15) is 4.79 Å². The average molecular weight is 199 g/mol. The van der Waals surface area contributed by atoms with Crippen LogP contribution in [0.3, 0.4) is 0 Å².